The normalized spacial score (nSPS) is 13.9. The van der Waals surface area contributed by atoms with Crippen molar-refractivity contribution >= 4 is 78.2 Å². The zero-order valence-corrected chi connectivity index (χ0v) is 26.4. The van der Waals surface area contributed by atoms with Crippen LogP contribution in [0.2, 0.25) is 0 Å². The van der Waals surface area contributed by atoms with Gasteiger partial charge in [0.2, 0.25) is 0 Å². The van der Waals surface area contributed by atoms with Gasteiger partial charge in [0.1, 0.15) is 5.82 Å². The first kappa shape index (κ1) is 28.0. The zero-order valence-electron chi connectivity index (χ0n) is 26.4. The molecule has 8 nitrogen and oxygen atoms in total. The van der Waals surface area contributed by atoms with Crippen molar-refractivity contribution in [1.82, 2.24) is 19.9 Å². The highest BCUT2D eigenvalue weighted by molar-refractivity contribution is 6.40. The van der Waals surface area contributed by atoms with Crippen molar-refractivity contribution in [2.45, 2.75) is 0 Å². The minimum atomic E-state index is -0.304. The second-order valence-corrected chi connectivity index (χ2v) is 12.2. The predicted molar refractivity (Wildman–Crippen MR) is 196 cm³/mol. The fourth-order valence-corrected chi connectivity index (χ4v) is 7.08. The number of carbonyl (C=O) groups excluding carboxylic acids is 2. The molecule has 10 rings (SSSR count). The minimum absolute atomic E-state index is 0.0943. The molecule has 5 aromatic carbocycles. The van der Waals surface area contributed by atoms with E-state index in [1.54, 1.807) is 18.5 Å². The maximum Gasteiger partial charge on any atom is 0.197 e. The molecule has 1 aliphatic carbocycles. The summed E-state index contributed by atoms with van der Waals surface area (Å²) in [7, 11) is 0. The molecule has 4 heterocycles. The Hall–Kier alpha value is -7.06. The number of fused-ring (bicyclic) bond motifs is 6. The van der Waals surface area contributed by atoms with Crippen LogP contribution in [0.15, 0.2) is 157 Å². The largest absolute Gasteiger partial charge is 0.288 e. The average Bonchev–Trinajstić information content (AvgIpc) is 3.59. The summed E-state index contributed by atoms with van der Waals surface area (Å²) in [5.41, 5.74) is 5.43. The highest BCUT2D eigenvalue weighted by Crippen LogP contribution is 2.50. The van der Waals surface area contributed by atoms with Crippen LogP contribution in [0, 0.1) is 0 Å². The van der Waals surface area contributed by atoms with Gasteiger partial charge in [0.05, 0.1) is 39.0 Å². The Morgan fingerprint density at radius 3 is 1.46 bits per heavy atom. The number of allylic oxidation sites excluding steroid dienone is 3. The number of hydrogen-bond acceptors (Lipinski definition) is 8. The third-order valence-corrected chi connectivity index (χ3v) is 9.38. The third-order valence-electron chi connectivity index (χ3n) is 9.38. The number of benzene rings is 5. The van der Waals surface area contributed by atoms with E-state index in [1.165, 1.54) is 0 Å². The van der Waals surface area contributed by atoms with Crippen molar-refractivity contribution < 1.29 is 9.59 Å². The Morgan fingerprint density at radius 2 is 0.940 bits per heavy atom. The fraction of sp³-hybridized carbons (Fsp3) is 0. The predicted octanol–water partition coefficient (Wildman–Crippen LogP) is 9.02. The van der Waals surface area contributed by atoms with Gasteiger partial charge in [-0.1, -0.05) is 72.8 Å². The molecule has 0 saturated heterocycles. The van der Waals surface area contributed by atoms with Crippen LogP contribution in [-0.4, -0.2) is 31.5 Å². The van der Waals surface area contributed by atoms with Gasteiger partial charge >= 0.3 is 0 Å². The molecule has 0 N–H and O–H groups in total. The van der Waals surface area contributed by atoms with Crippen LogP contribution in [-0.2, 0) is 0 Å². The van der Waals surface area contributed by atoms with Gasteiger partial charge in [0.15, 0.2) is 23.2 Å². The lowest BCUT2D eigenvalue weighted by Gasteiger charge is -2.25. The van der Waals surface area contributed by atoms with E-state index in [0.717, 1.165) is 55.0 Å². The van der Waals surface area contributed by atoms with Gasteiger partial charge in [0.25, 0.3) is 0 Å². The Kier molecular flexibility index (Phi) is 6.01. The molecular weight excluding hydrogens is 621 g/mol. The highest BCUT2D eigenvalue weighted by atomic mass is 16.2. The summed E-state index contributed by atoms with van der Waals surface area (Å²) >= 11 is 0. The van der Waals surface area contributed by atoms with Crippen LogP contribution in [0.3, 0.4) is 0 Å². The quantitative estimate of drug-likeness (QED) is 0.139. The van der Waals surface area contributed by atoms with Crippen molar-refractivity contribution in [2.24, 2.45) is 0 Å². The van der Waals surface area contributed by atoms with E-state index in [2.05, 4.69) is 0 Å². The topological polar surface area (TPSA) is 92.2 Å². The summed E-state index contributed by atoms with van der Waals surface area (Å²) in [4.78, 5) is 51.7. The minimum Gasteiger partial charge on any atom is -0.288 e. The van der Waals surface area contributed by atoms with Crippen molar-refractivity contribution in [3.8, 4) is 0 Å². The number of aromatic nitrogens is 4. The third kappa shape index (κ3) is 4.12. The van der Waals surface area contributed by atoms with Gasteiger partial charge in [-0.15, -0.1) is 0 Å². The smallest absolute Gasteiger partial charge is 0.197 e. The number of rotatable bonds is 3. The number of hydrogen-bond donors (Lipinski definition) is 0. The van der Waals surface area contributed by atoms with Gasteiger partial charge in [0, 0.05) is 34.3 Å². The van der Waals surface area contributed by atoms with Crippen LogP contribution in [0.25, 0.3) is 43.6 Å². The maximum atomic E-state index is 13.9. The average molecular weight is 645 g/mol. The van der Waals surface area contributed by atoms with E-state index >= 15 is 0 Å². The summed E-state index contributed by atoms with van der Waals surface area (Å²) in [5.74, 6) is 1.17. The molecule has 1 aliphatic heterocycles. The number of nitrogens with zero attached hydrogens (tertiary/aromatic N) is 6. The van der Waals surface area contributed by atoms with Crippen LogP contribution in [0.5, 0.6) is 0 Å². The van der Waals surface area contributed by atoms with Gasteiger partial charge in [-0.25, -0.2) is 9.97 Å². The first-order valence-electron chi connectivity index (χ1n) is 16.2. The van der Waals surface area contributed by atoms with Crippen molar-refractivity contribution in [3.05, 3.63) is 168 Å². The van der Waals surface area contributed by atoms with Gasteiger partial charge in [-0.2, -0.15) is 0 Å². The number of ketones is 2. The molecule has 0 radical (unpaired) electrons. The number of Topliss-reactive ketones (excluding diaryl/α,β-unsaturated/α-hetero) is 2. The van der Waals surface area contributed by atoms with Crippen molar-refractivity contribution in [1.29, 1.82) is 0 Å². The van der Waals surface area contributed by atoms with Crippen LogP contribution >= 0.6 is 0 Å². The summed E-state index contributed by atoms with van der Waals surface area (Å²) in [6, 6.07) is 39.0. The Labute approximate surface area is 285 Å². The molecule has 0 saturated carbocycles. The standard InChI is InChI=1S/C42H24N6O2/c49-39-29(40(50)31-24-28-10-2-1-9-27(28)23-30(31)39)19-20-36-47(34-17-5-11-25-13-7-21-43-37(25)34)41-42(46-33-16-4-3-15-32(33)45-41)48(36)35-18-6-12-26-14-8-22-44-38(26)35/h1-24H. The Balaban J connectivity index is 1.26. The SMILES string of the molecule is O=C1C(=CC=C2N(c3cccc4cccnc34)c3nc4ccccc4nc3N2c2cccc3cccnc23)C(=O)c2cc3ccccc3cc21. The molecule has 0 spiro atoms. The lowest BCUT2D eigenvalue weighted by Crippen LogP contribution is -2.22. The molecule has 3 aromatic heterocycles. The molecule has 50 heavy (non-hydrogen) atoms. The van der Waals surface area contributed by atoms with Crippen LogP contribution in [0.1, 0.15) is 20.7 Å². The molecule has 8 heteroatoms. The van der Waals surface area contributed by atoms with Crippen LogP contribution < -0.4 is 9.80 Å². The molecular formula is C42H24N6O2. The summed E-state index contributed by atoms with van der Waals surface area (Å²) in [6.07, 6.45) is 6.98. The number of carbonyl (C=O) groups is 2. The summed E-state index contributed by atoms with van der Waals surface area (Å²) < 4.78 is 0. The fourth-order valence-electron chi connectivity index (χ4n) is 7.08. The monoisotopic (exact) mass is 644 g/mol. The van der Waals surface area contributed by atoms with E-state index in [9.17, 15) is 9.59 Å². The molecule has 0 amide bonds. The number of para-hydroxylation sites is 4. The summed E-state index contributed by atoms with van der Waals surface area (Å²) in [6.45, 7) is 0. The molecule has 0 fully saturated rings. The second-order valence-electron chi connectivity index (χ2n) is 12.2. The molecule has 0 atom stereocenters. The van der Waals surface area contributed by atoms with E-state index in [1.807, 2.05) is 137 Å². The van der Waals surface area contributed by atoms with Crippen LogP contribution in [0.4, 0.5) is 23.0 Å². The molecule has 234 valence electrons. The molecule has 0 bridgehead atoms. The lowest BCUT2D eigenvalue weighted by atomic mass is 10.0. The van der Waals surface area contributed by atoms with Crippen molar-refractivity contribution in [3.63, 3.8) is 0 Å². The summed E-state index contributed by atoms with van der Waals surface area (Å²) in [5, 5.41) is 3.72. The van der Waals surface area contributed by atoms with Gasteiger partial charge in [-0.3, -0.25) is 29.4 Å². The van der Waals surface area contributed by atoms with E-state index in [0.29, 0.717) is 28.6 Å². The Bertz CT molecular complexity index is 2650. The van der Waals surface area contributed by atoms with Crippen molar-refractivity contribution in [2.75, 3.05) is 9.80 Å². The molecule has 2 aliphatic rings. The van der Waals surface area contributed by atoms with E-state index in [-0.39, 0.29) is 17.1 Å². The van der Waals surface area contributed by atoms with E-state index < -0.39 is 0 Å². The van der Waals surface area contributed by atoms with Gasteiger partial charge < -0.3 is 0 Å². The molecule has 8 aromatic rings. The first-order chi connectivity index (χ1) is 24.6. The Morgan fingerprint density at radius 1 is 0.480 bits per heavy atom. The lowest BCUT2D eigenvalue weighted by molar-refractivity contribution is 0.0988. The number of anilines is 4. The zero-order chi connectivity index (χ0) is 33.3. The molecule has 0 unspecified atom stereocenters. The van der Waals surface area contributed by atoms with E-state index in [4.69, 9.17) is 19.9 Å². The number of pyridine rings is 2. The second kappa shape index (κ2) is 10.7. The highest BCUT2D eigenvalue weighted by Gasteiger charge is 2.39. The maximum absolute atomic E-state index is 13.9. The van der Waals surface area contributed by atoms with Gasteiger partial charge in [-0.05, 0) is 71.5 Å². The first-order valence-corrected chi connectivity index (χ1v) is 16.2.